The van der Waals surface area contributed by atoms with E-state index in [0.29, 0.717) is 28.3 Å². The van der Waals surface area contributed by atoms with Gasteiger partial charge in [0.05, 0.1) is 24.2 Å². The standard InChI is InChI=1S/C23H23N5O4S/c1-31-15-6-4-8-17(12-15)33-22-21-26-27(14-20(29)24-13-16-7-5-11-32-16)23(30)28(21)19-10-3-2-9-18(19)25-22/h2-4,6,8-10,12,16H,5,7,11,13-14H2,1H3,(H,24,29). The molecule has 4 aromatic rings. The Bertz CT molecular complexity index is 1380. The number of hydrogen-bond acceptors (Lipinski definition) is 7. The van der Waals surface area contributed by atoms with Crippen molar-refractivity contribution in [2.75, 3.05) is 20.3 Å². The molecule has 0 bridgehead atoms. The second-order valence-corrected chi connectivity index (χ2v) is 8.79. The first-order valence-electron chi connectivity index (χ1n) is 10.7. The molecule has 1 saturated heterocycles. The van der Waals surface area contributed by atoms with Crippen molar-refractivity contribution in [1.82, 2.24) is 24.5 Å². The molecular formula is C23H23N5O4S. The molecule has 1 aliphatic rings. The maximum Gasteiger partial charge on any atom is 0.351 e. The number of ether oxygens (including phenoxy) is 2. The number of nitrogens with one attached hydrogen (secondary N) is 1. The van der Waals surface area contributed by atoms with Crippen LogP contribution in [0.25, 0.3) is 16.7 Å². The maximum atomic E-state index is 13.2. The van der Waals surface area contributed by atoms with Crippen LogP contribution in [0.1, 0.15) is 12.8 Å². The fourth-order valence-electron chi connectivity index (χ4n) is 3.84. The van der Waals surface area contributed by atoms with Gasteiger partial charge in [-0.25, -0.2) is 18.9 Å². The highest BCUT2D eigenvalue weighted by Crippen LogP contribution is 2.32. The summed E-state index contributed by atoms with van der Waals surface area (Å²) in [6.07, 6.45) is 1.96. The molecule has 5 rings (SSSR count). The Kier molecular flexibility index (Phi) is 6.01. The number of carbonyl (C=O) groups excluding carboxylic acids is 1. The summed E-state index contributed by atoms with van der Waals surface area (Å²) in [6.45, 7) is 0.980. The minimum atomic E-state index is -0.386. The van der Waals surface area contributed by atoms with Gasteiger partial charge in [-0.05, 0) is 43.2 Å². The molecule has 0 aliphatic carbocycles. The predicted octanol–water partition coefficient (Wildman–Crippen LogP) is 2.50. The number of para-hydroxylation sites is 2. The zero-order chi connectivity index (χ0) is 22.8. The van der Waals surface area contributed by atoms with Crippen molar-refractivity contribution in [3.63, 3.8) is 0 Å². The van der Waals surface area contributed by atoms with Gasteiger partial charge in [-0.15, -0.1) is 5.10 Å². The molecule has 2 aromatic carbocycles. The monoisotopic (exact) mass is 465 g/mol. The van der Waals surface area contributed by atoms with Crippen LogP contribution in [0.3, 0.4) is 0 Å². The second kappa shape index (κ2) is 9.24. The van der Waals surface area contributed by atoms with Crippen LogP contribution >= 0.6 is 11.8 Å². The Balaban J connectivity index is 1.50. The highest BCUT2D eigenvalue weighted by molar-refractivity contribution is 7.99. The molecule has 1 N–H and O–H groups in total. The molecule has 0 radical (unpaired) electrons. The van der Waals surface area contributed by atoms with Crippen LogP contribution in [0.5, 0.6) is 5.75 Å². The maximum absolute atomic E-state index is 13.2. The number of hydrogen-bond donors (Lipinski definition) is 1. The minimum absolute atomic E-state index is 0.0331. The van der Waals surface area contributed by atoms with E-state index in [-0.39, 0.29) is 24.2 Å². The zero-order valence-corrected chi connectivity index (χ0v) is 18.9. The SMILES string of the molecule is COc1cccc(Sc2nc3ccccc3n3c(=O)n(CC(=O)NCC4CCCO4)nc23)c1. The Morgan fingerprint density at radius 3 is 2.97 bits per heavy atom. The van der Waals surface area contributed by atoms with Gasteiger partial charge in [0, 0.05) is 18.0 Å². The van der Waals surface area contributed by atoms with Crippen LogP contribution in [0.15, 0.2) is 63.2 Å². The number of amides is 1. The van der Waals surface area contributed by atoms with Gasteiger partial charge in [-0.2, -0.15) is 0 Å². The number of rotatable bonds is 7. The van der Waals surface area contributed by atoms with Gasteiger partial charge >= 0.3 is 5.69 Å². The van der Waals surface area contributed by atoms with E-state index in [9.17, 15) is 9.59 Å². The topological polar surface area (TPSA) is 99.8 Å². The summed E-state index contributed by atoms with van der Waals surface area (Å²) in [4.78, 5) is 31.4. The molecule has 170 valence electrons. The fourth-order valence-corrected chi connectivity index (χ4v) is 4.76. The largest absolute Gasteiger partial charge is 0.497 e. The quantitative estimate of drug-likeness (QED) is 0.448. The van der Waals surface area contributed by atoms with Crippen molar-refractivity contribution in [2.45, 2.75) is 35.4 Å². The number of carbonyl (C=O) groups is 1. The summed E-state index contributed by atoms with van der Waals surface area (Å²) in [5, 5.41) is 7.89. The summed E-state index contributed by atoms with van der Waals surface area (Å²) in [5.74, 6) is 0.443. The second-order valence-electron chi connectivity index (χ2n) is 7.73. The molecular weight excluding hydrogens is 442 g/mol. The number of benzene rings is 2. The summed E-state index contributed by atoms with van der Waals surface area (Å²) < 4.78 is 13.6. The third-order valence-corrected chi connectivity index (χ3v) is 6.43. The van der Waals surface area contributed by atoms with Crippen molar-refractivity contribution >= 4 is 34.3 Å². The van der Waals surface area contributed by atoms with Crippen LogP contribution < -0.4 is 15.7 Å². The van der Waals surface area contributed by atoms with Crippen LogP contribution in [0.4, 0.5) is 0 Å². The fraction of sp³-hybridized carbons (Fsp3) is 0.304. The van der Waals surface area contributed by atoms with E-state index in [2.05, 4.69) is 10.4 Å². The smallest absolute Gasteiger partial charge is 0.351 e. The van der Waals surface area contributed by atoms with E-state index < -0.39 is 0 Å². The number of nitrogens with zero attached hydrogens (tertiary/aromatic N) is 4. The van der Waals surface area contributed by atoms with Crippen LogP contribution in [-0.2, 0) is 16.1 Å². The number of methoxy groups -OCH3 is 1. The van der Waals surface area contributed by atoms with E-state index in [1.807, 2.05) is 48.5 Å². The third-order valence-electron chi connectivity index (χ3n) is 5.48. The average molecular weight is 466 g/mol. The van der Waals surface area contributed by atoms with Crippen molar-refractivity contribution in [1.29, 1.82) is 0 Å². The van der Waals surface area contributed by atoms with E-state index in [1.165, 1.54) is 20.8 Å². The molecule has 1 atom stereocenters. The predicted molar refractivity (Wildman–Crippen MR) is 124 cm³/mol. The van der Waals surface area contributed by atoms with Crippen molar-refractivity contribution in [3.05, 3.63) is 59.0 Å². The van der Waals surface area contributed by atoms with Gasteiger partial charge in [-0.1, -0.05) is 30.0 Å². The van der Waals surface area contributed by atoms with Gasteiger partial charge in [0.25, 0.3) is 0 Å². The minimum Gasteiger partial charge on any atom is -0.497 e. The summed E-state index contributed by atoms with van der Waals surface area (Å²) in [7, 11) is 1.61. The first-order chi connectivity index (χ1) is 16.1. The first-order valence-corrected chi connectivity index (χ1v) is 11.5. The van der Waals surface area contributed by atoms with Crippen LogP contribution in [0, 0.1) is 0 Å². The van der Waals surface area contributed by atoms with E-state index in [0.717, 1.165) is 30.1 Å². The molecule has 0 spiro atoms. The van der Waals surface area contributed by atoms with E-state index in [4.69, 9.17) is 14.5 Å². The van der Waals surface area contributed by atoms with Gasteiger partial charge in [0.1, 0.15) is 17.3 Å². The lowest BCUT2D eigenvalue weighted by Gasteiger charge is -2.10. The average Bonchev–Trinajstić information content (AvgIpc) is 3.47. The van der Waals surface area contributed by atoms with Gasteiger partial charge in [-0.3, -0.25) is 4.79 Å². The highest BCUT2D eigenvalue weighted by atomic mass is 32.2. The summed E-state index contributed by atoms with van der Waals surface area (Å²) >= 11 is 1.39. The van der Waals surface area contributed by atoms with Crippen LogP contribution in [0.2, 0.25) is 0 Å². The number of fused-ring (bicyclic) bond motifs is 3. The Hall–Kier alpha value is -3.37. The van der Waals surface area contributed by atoms with Crippen molar-refractivity contribution < 1.29 is 14.3 Å². The molecule has 2 aromatic heterocycles. The molecule has 0 saturated carbocycles. The Morgan fingerprint density at radius 2 is 2.15 bits per heavy atom. The van der Waals surface area contributed by atoms with Gasteiger partial charge in [0.15, 0.2) is 5.65 Å². The van der Waals surface area contributed by atoms with Crippen molar-refractivity contribution in [3.8, 4) is 5.75 Å². The van der Waals surface area contributed by atoms with Crippen LogP contribution in [-0.4, -0.2) is 51.4 Å². The van der Waals surface area contributed by atoms with Gasteiger partial charge in [0.2, 0.25) is 5.91 Å². The Labute approximate surface area is 193 Å². The summed E-state index contributed by atoms with van der Waals surface area (Å²) in [6, 6.07) is 15.0. The van der Waals surface area contributed by atoms with Gasteiger partial charge < -0.3 is 14.8 Å². The lowest BCUT2D eigenvalue weighted by atomic mass is 10.2. The third kappa shape index (κ3) is 4.44. The molecule has 1 amide bonds. The normalized spacial score (nSPS) is 15.8. The molecule has 10 heteroatoms. The lowest BCUT2D eigenvalue weighted by molar-refractivity contribution is -0.122. The Morgan fingerprint density at radius 1 is 1.27 bits per heavy atom. The number of aromatic nitrogens is 4. The first kappa shape index (κ1) is 21.5. The van der Waals surface area contributed by atoms with E-state index >= 15 is 0 Å². The van der Waals surface area contributed by atoms with E-state index in [1.54, 1.807) is 7.11 Å². The molecule has 3 heterocycles. The lowest BCUT2D eigenvalue weighted by Crippen LogP contribution is -2.36. The molecule has 33 heavy (non-hydrogen) atoms. The molecule has 9 nitrogen and oxygen atoms in total. The molecule has 1 unspecified atom stereocenters. The molecule has 1 fully saturated rings. The highest BCUT2D eigenvalue weighted by Gasteiger charge is 2.20. The summed E-state index contributed by atoms with van der Waals surface area (Å²) in [5.41, 5.74) is 1.32. The van der Waals surface area contributed by atoms with Crippen molar-refractivity contribution in [2.24, 2.45) is 0 Å². The molecule has 1 aliphatic heterocycles. The zero-order valence-electron chi connectivity index (χ0n) is 18.1.